The minimum absolute atomic E-state index is 0.0989. The van der Waals surface area contributed by atoms with Crippen molar-refractivity contribution < 1.29 is 14.8 Å². The van der Waals surface area contributed by atoms with E-state index in [4.69, 9.17) is 5.11 Å². The summed E-state index contributed by atoms with van der Waals surface area (Å²) < 4.78 is 0. The number of rotatable bonds is 3. The molecule has 1 amide bonds. The highest BCUT2D eigenvalue weighted by Crippen LogP contribution is 2.28. The zero-order valence-electron chi connectivity index (χ0n) is 7.44. The highest BCUT2D eigenvalue weighted by molar-refractivity contribution is 9.09. The van der Waals surface area contributed by atoms with Crippen molar-refractivity contribution in [3.63, 3.8) is 0 Å². The molecule has 0 atom stereocenters. The van der Waals surface area contributed by atoms with Crippen molar-refractivity contribution >= 4 is 33.2 Å². The molecule has 2 N–H and O–H groups in total. The lowest BCUT2D eigenvalue weighted by atomic mass is 10.2. The quantitative estimate of drug-likeness (QED) is 0.379. The van der Waals surface area contributed by atoms with Crippen LogP contribution in [0.5, 0.6) is 5.75 Å². The van der Waals surface area contributed by atoms with Gasteiger partial charge >= 0.3 is 5.69 Å². The zero-order valence-corrected chi connectivity index (χ0v) is 9.02. The summed E-state index contributed by atoms with van der Waals surface area (Å²) in [7, 11) is 0. The number of anilines is 1. The number of nitrogens with one attached hydrogen (secondary N) is 1. The summed E-state index contributed by atoms with van der Waals surface area (Å²) >= 11 is 2.94. The fourth-order valence-electron chi connectivity index (χ4n) is 0.942. The standard InChI is InChI=1S/C8H7BrN2O4/c9-4-8(13)10-5-1-2-7(12)6(3-5)11(14)15/h1-3,12H,4H2,(H,10,13). The van der Waals surface area contributed by atoms with Crippen molar-refractivity contribution in [2.24, 2.45) is 0 Å². The number of hydrogen-bond acceptors (Lipinski definition) is 4. The molecular weight excluding hydrogens is 268 g/mol. The van der Waals surface area contributed by atoms with Gasteiger partial charge in [0.2, 0.25) is 5.91 Å². The van der Waals surface area contributed by atoms with Gasteiger partial charge in [-0.05, 0) is 12.1 Å². The molecule has 0 unspecified atom stereocenters. The van der Waals surface area contributed by atoms with E-state index in [1.165, 1.54) is 6.07 Å². The van der Waals surface area contributed by atoms with Gasteiger partial charge in [-0.2, -0.15) is 0 Å². The average molecular weight is 275 g/mol. The van der Waals surface area contributed by atoms with Gasteiger partial charge in [-0.3, -0.25) is 14.9 Å². The van der Waals surface area contributed by atoms with Crippen LogP contribution in [0.2, 0.25) is 0 Å². The van der Waals surface area contributed by atoms with Crippen LogP contribution in [0.3, 0.4) is 0 Å². The van der Waals surface area contributed by atoms with E-state index in [0.29, 0.717) is 0 Å². The van der Waals surface area contributed by atoms with Crippen molar-refractivity contribution in [2.75, 3.05) is 10.6 Å². The van der Waals surface area contributed by atoms with Crippen LogP contribution in [0.1, 0.15) is 0 Å². The van der Waals surface area contributed by atoms with Crippen molar-refractivity contribution in [2.45, 2.75) is 0 Å². The van der Waals surface area contributed by atoms with Crippen LogP contribution >= 0.6 is 15.9 Å². The van der Waals surface area contributed by atoms with E-state index in [9.17, 15) is 14.9 Å². The number of alkyl halides is 1. The molecule has 0 spiro atoms. The number of nitrogens with zero attached hydrogens (tertiary/aromatic N) is 1. The SMILES string of the molecule is O=C(CBr)Nc1ccc(O)c([N+](=O)[O-])c1. The van der Waals surface area contributed by atoms with E-state index in [-0.39, 0.29) is 16.9 Å². The Morgan fingerprint density at radius 1 is 1.60 bits per heavy atom. The largest absolute Gasteiger partial charge is 0.502 e. The smallest absolute Gasteiger partial charge is 0.312 e. The Balaban J connectivity index is 2.97. The predicted molar refractivity (Wildman–Crippen MR) is 57.2 cm³/mol. The molecule has 1 aromatic rings. The summed E-state index contributed by atoms with van der Waals surface area (Å²) in [5, 5.41) is 22.1. The Morgan fingerprint density at radius 2 is 2.27 bits per heavy atom. The second kappa shape index (κ2) is 4.74. The molecule has 0 radical (unpaired) electrons. The lowest BCUT2D eigenvalue weighted by Crippen LogP contribution is -2.12. The van der Waals surface area contributed by atoms with E-state index in [2.05, 4.69) is 21.2 Å². The maximum atomic E-state index is 11.0. The number of amides is 1. The fourth-order valence-corrected chi connectivity index (χ4v) is 1.08. The second-order valence-electron chi connectivity index (χ2n) is 2.64. The average Bonchev–Trinajstić information content (AvgIpc) is 2.20. The normalized spacial score (nSPS) is 9.67. The van der Waals surface area contributed by atoms with Crippen LogP contribution < -0.4 is 5.32 Å². The summed E-state index contributed by atoms with van der Waals surface area (Å²) in [6, 6.07) is 3.63. The Labute approximate surface area is 93.2 Å². The maximum absolute atomic E-state index is 11.0. The van der Waals surface area contributed by atoms with E-state index >= 15 is 0 Å². The molecule has 0 aliphatic heterocycles. The van der Waals surface area contributed by atoms with Crippen LogP contribution in [0.25, 0.3) is 0 Å². The lowest BCUT2D eigenvalue weighted by Gasteiger charge is -2.03. The number of carbonyl (C=O) groups is 1. The third kappa shape index (κ3) is 2.91. The highest BCUT2D eigenvalue weighted by atomic mass is 79.9. The summed E-state index contributed by atoms with van der Waals surface area (Å²) in [5.41, 5.74) is -0.175. The molecule has 0 saturated carbocycles. The van der Waals surface area contributed by atoms with Gasteiger partial charge < -0.3 is 10.4 Å². The van der Waals surface area contributed by atoms with Crippen molar-refractivity contribution in [3.8, 4) is 5.75 Å². The number of hydrogen-bond donors (Lipinski definition) is 2. The third-order valence-electron chi connectivity index (χ3n) is 1.58. The summed E-state index contributed by atoms with van der Waals surface area (Å²) in [4.78, 5) is 20.7. The second-order valence-corrected chi connectivity index (χ2v) is 3.20. The molecule has 0 aliphatic carbocycles. The summed E-state index contributed by atoms with van der Waals surface area (Å²) in [6.45, 7) is 0. The van der Waals surface area contributed by atoms with Gasteiger partial charge in [0.25, 0.3) is 0 Å². The zero-order chi connectivity index (χ0) is 11.4. The number of benzene rings is 1. The van der Waals surface area contributed by atoms with Crippen LogP contribution in [-0.4, -0.2) is 21.3 Å². The van der Waals surface area contributed by atoms with Crippen molar-refractivity contribution in [1.82, 2.24) is 0 Å². The first-order chi connectivity index (χ1) is 7.04. The number of halogens is 1. The van der Waals surface area contributed by atoms with Gasteiger partial charge in [-0.1, -0.05) is 15.9 Å². The van der Waals surface area contributed by atoms with Crippen molar-refractivity contribution in [3.05, 3.63) is 28.3 Å². The maximum Gasteiger partial charge on any atom is 0.312 e. The summed E-state index contributed by atoms with van der Waals surface area (Å²) in [6.07, 6.45) is 0. The Morgan fingerprint density at radius 3 is 2.80 bits per heavy atom. The highest BCUT2D eigenvalue weighted by Gasteiger charge is 2.14. The lowest BCUT2D eigenvalue weighted by molar-refractivity contribution is -0.385. The number of phenolic OH excluding ortho intramolecular Hbond substituents is 1. The van der Waals surface area contributed by atoms with Gasteiger partial charge in [0.15, 0.2) is 5.75 Å². The number of aromatic hydroxyl groups is 1. The van der Waals surface area contributed by atoms with E-state index < -0.39 is 16.4 Å². The molecule has 7 heteroatoms. The van der Waals surface area contributed by atoms with Crippen molar-refractivity contribution in [1.29, 1.82) is 0 Å². The molecule has 6 nitrogen and oxygen atoms in total. The molecule has 0 heterocycles. The number of nitro groups is 1. The molecule has 0 saturated heterocycles. The summed E-state index contributed by atoms with van der Waals surface area (Å²) in [5.74, 6) is -0.758. The van der Waals surface area contributed by atoms with E-state index in [0.717, 1.165) is 12.1 Å². The Hall–Kier alpha value is -1.63. The molecule has 15 heavy (non-hydrogen) atoms. The monoisotopic (exact) mass is 274 g/mol. The van der Waals surface area contributed by atoms with Crippen LogP contribution in [-0.2, 0) is 4.79 Å². The molecule has 1 rings (SSSR count). The minimum Gasteiger partial charge on any atom is -0.502 e. The van der Waals surface area contributed by atoms with Crippen LogP contribution in [0.15, 0.2) is 18.2 Å². The molecule has 80 valence electrons. The number of phenols is 1. The Kier molecular flexibility index (Phi) is 3.62. The van der Waals surface area contributed by atoms with Gasteiger partial charge in [-0.15, -0.1) is 0 Å². The first-order valence-electron chi connectivity index (χ1n) is 3.88. The third-order valence-corrected chi connectivity index (χ3v) is 2.09. The molecule has 0 bridgehead atoms. The topological polar surface area (TPSA) is 92.5 Å². The van der Waals surface area contributed by atoms with Gasteiger partial charge in [0.05, 0.1) is 10.3 Å². The molecule has 1 aromatic carbocycles. The minimum atomic E-state index is -0.723. The molecular formula is C8H7BrN2O4. The van der Waals surface area contributed by atoms with Gasteiger partial charge in [0.1, 0.15) is 0 Å². The Bertz CT molecular complexity index is 408. The molecule has 0 aromatic heterocycles. The molecule has 0 aliphatic rings. The van der Waals surface area contributed by atoms with Gasteiger partial charge in [0, 0.05) is 11.8 Å². The predicted octanol–water partition coefficient (Wildman–Crippen LogP) is 1.63. The number of carbonyl (C=O) groups excluding carboxylic acids is 1. The molecule has 0 fully saturated rings. The van der Waals surface area contributed by atoms with E-state index in [1.807, 2.05) is 0 Å². The van der Waals surface area contributed by atoms with Crippen LogP contribution in [0.4, 0.5) is 11.4 Å². The van der Waals surface area contributed by atoms with Crippen LogP contribution in [0, 0.1) is 10.1 Å². The first kappa shape index (κ1) is 11.4. The number of nitro benzene ring substituents is 1. The first-order valence-corrected chi connectivity index (χ1v) is 5.00. The van der Waals surface area contributed by atoms with Gasteiger partial charge in [-0.25, -0.2) is 0 Å². The fraction of sp³-hybridized carbons (Fsp3) is 0.125. The van der Waals surface area contributed by atoms with E-state index in [1.54, 1.807) is 0 Å².